The van der Waals surface area contributed by atoms with Gasteiger partial charge >= 0.3 is 0 Å². The highest BCUT2D eigenvalue weighted by molar-refractivity contribution is 5.23. The molecule has 17 heavy (non-hydrogen) atoms. The van der Waals surface area contributed by atoms with Crippen LogP contribution in [-0.2, 0) is 0 Å². The Kier molecular flexibility index (Phi) is 3.50. The van der Waals surface area contributed by atoms with Crippen LogP contribution in [0.25, 0.3) is 0 Å². The van der Waals surface area contributed by atoms with E-state index in [9.17, 15) is 9.50 Å². The van der Waals surface area contributed by atoms with Crippen molar-refractivity contribution in [3.05, 3.63) is 35.6 Å². The third-order valence-electron chi connectivity index (χ3n) is 3.93. The van der Waals surface area contributed by atoms with Gasteiger partial charge in [-0.15, -0.1) is 0 Å². The standard InChI is InChI=1S/C14H20FNO/c1-16(2)13(14(10-17)7-4-8-14)11-5-3-6-12(15)9-11/h3,5-6,9,13,17H,4,7-8,10H2,1-2H3. The smallest absolute Gasteiger partial charge is 0.123 e. The van der Waals surface area contributed by atoms with E-state index in [1.165, 1.54) is 6.07 Å². The van der Waals surface area contributed by atoms with Gasteiger partial charge in [0.05, 0.1) is 6.61 Å². The van der Waals surface area contributed by atoms with Gasteiger partial charge in [0.2, 0.25) is 0 Å². The van der Waals surface area contributed by atoms with E-state index in [4.69, 9.17) is 0 Å². The number of hydrogen-bond acceptors (Lipinski definition) is 2. The normalized spacial score (nSPS) is 20.1. The second kappa shape index (κ2) is 4.75. The quantitative estimate of drug-likeness (QED) is 0.870. The van der Waals surface area contributed by atoms with Gasteiger partial charge in [-0.3, -0.25) is 0 Å². The average molecular weight is 237 g/mol. The van der Waals surface area contributed by atoms with Gasteiger partial charge in [-0.25, -0.2) is 4.39 Å². The van der Waals surface area contributed by atoms with E-state index in [0.29, 0.717) is 0 Å². The second-order valence-corrected chi connectivity index (χ2v) is 5.30. The summed E-state index contributed by atoms with van der Waals surface area (Å²) in [5, 5.41) is 9.67. The van der Waals surface area contributed by atoms with Crippen molar-refractivity contribution in [1.29, 1.82) is 0 Å². The Balaban J connectivity index is 2.35. The van der Waals surface area contributed by atoms with E-state index in [1.807, 2.05) is 20.2 Å². The van der Waals surface area contributed by atoms with Crippen molar-refractivity contribution in [3.8, 4) is 0 Å². The lowest BCUT2D eigenvalue weighted by atomic mass is 9.62. The summed E-state index contributed by atoms with van der Waals surface area (Å²) in [6, 6.07) is 6.83. The molecule has 1 unspecified atom stereocenters. The van der Waals surface area contributed by atoms with Gasteiger partial charge in [0.15, 0.2) is 0 Å². The fourth-order valence-electron chi connectivity index (χ4n) is 3.03. The molecule has 0 bridgehead atoms. The predicted octanol–water partition coefficient (Wildman–Crippen LogP) is 2.59. The summed E-state index contributed by atoms with van der Waals surface area (Å²) in [5.74, 6) is -0.207. The van der Waals surface area contributed by atoms with Crippen molar-refractivity contribution >= 4 is 0 Å². The molecule has 0 heterocycles. The molecule has 1 fully saturated rings. The van der Waals surface area contributed by atoms with Crippen molar-refractivity contribution in [1.82, 2.24) is 4.90 Å². The number of benzene rings is 1. The molecule has 1 aliphatic carbocycles. The number of rotatable bonds is 4. The van der Waals surface area contributed by atoms with Gasteiger partial charge in [0, 0.05) is 11.5 Å². The fourth-order valence-corrected chi connectivity index (χ4v) is 3.03. The van der Waals surface area contributed by atoms with Crippen LogP contribution in [0.4, 0.5) is 4.39 Å². The lowest BCUT2D eigenvalue weighted by Gasteiger charge is -2.49. The number of aliphatic hydroxyl groups excluding tert-OH is 1. The largest absolute Gasteiger partial charge is 0.396 e. The van der Waals surface area contributed by atoms with Crippen LogP contribution in [0.3, 0.4) is 0 Å². The molecule has 1 aromatic rings. The van der Waals surface area contributed by atoms with Crippen LogP contribution in [0, 0.1) is 11.2 Å². The molecular formula is C14H20FNO. The molecule has 1 aromatic carbocycles. The SMILES string of the molecule is CN(C)C(c1cccc(F)c1)C1(CO)CCC1. The third kappa shape index (κ3) is 2.22. The van der Waals surface area contributed by atoms with Crippen LogP contribution >= 0.6 is 0 Å². The Morgan fingerprint density at radius 2 is 2.12 bits per heavy atom. The Bertz CT molecular complexity index is 382. The summed E-state index contributed by atoms with van der Waals surface area (Å²) < 4.78 is 13.3. The van der Waals surface area contributed by atoms with E-state index in [1.54, 1.807) is 12.1 Å². The van der Waals surface area contributed by atoms with Crippen molar-refractivity contribution in [2.75, 3.05) is 20.7 Å². The van der Waals surface area contributed by atoms with Crippen LogP contribution in [-0.4, -0.2) is 30.7 Å². The van der Waals surface area contributed by atoms with E-state index in [-0.39, 0.29) is 23.9 Å². The van der Waals surface area contributed by atoms with Crippen LogP contribution in [0.5, 0.6) is 0 Å². The molecule has 94 valence electrons. The van der Waals surface area contributed by atoms with Gasteiger partial charge in [0.1, 0.15) is 5.82 Å². The van der Waals surface area contributed by atoms with Gasteiger partial charge in [0.25, 0.3) is 0 Å². The minimum absolute atomic E-state index is 0.0860. The van der Waals surface area contributed by atoms with Crippen LogP contribution in [0.1, 0.15) is 30.9 Å². The first-order valence-corrected chi connectivity index (χ1v) is 6.12. The highest BCUT2D eigenvalue weighted by atomic mass is 19.1. The lowest BCUT2D eigenvalue weighted by molar-refractivity contribution is -0.0309. The molecule has 2 nitrogen and oxygen atoms in total. The van der Waals surface area contributed by atoms with Crippen molar-refractivity contribution in [3.63, 3.8) is 0 Å². The van der Waals surface area contributed by atoms with E-state index in [0.717, 1.165) is 24.8 Å². The molecular weight excluding hydrogens is 217 g/mol. The Morgan fingerprint density at radius 1 is 1.41 bits per heavy atom. The van der Waals surface area contributed by atoms with Crippen molar-refractivity contribution < 1.29 is 9.50 Å². The molecule has 1 aliphatic rings. The van der Waals surface area contributed by atoms with Crippen LogP contribution in [0.15, 0.2) is 24.3 Å². The Hall–Kier alpha value is -0.930. The van der Waals surface area contributed by atoms with Gasteiger partial charge in [-0.1, -0.05) is 18.6 Å². The van der Waals surface area contributed by atoms with Crippen molar-refractivity contribution in [2.45, 2.75) is 25.3 Å². The second-order valence-electron chi connectivity index (χ2n) is 5.30. The molecule has 1 saturated carbocycles. The summed E-state index contributed by atoms with van der Waals surface area (Å²) >= 11 is 0. The maximum atomic E-state index is 13.3. The molecule has 0 radical (unpaired) electrons. The summed E-state index contributed by atoms with van der Waals surface area (Å²) in [6.45, 7) is 0.173. The van der Waals surface area contributed by atoms with E-state index in [2.05, 4.69) is 4.90 Å². The zero-order valence-corrected chi connectivity index (χ0v) is 10.5. The summed E-state index contributed by atoms with van der Waals surface area (Å²) in [6.07, 6.45) is 3.19. The molecule has 0 saturated heterocycles. The third-order valence-corrected chi connectivity index (χ3v) is 3.93. The fraction of sp³-hybridized carbons (Fsp3) is 0.571. The zero-order chi connectivity index (χ0) is 12.5. The predicted molar refractivity (Wildman–Crippen MR) is 66.2 cm³/mol. The average Bonchev–Trinajstić information content (AvgIpc) is 2.22. The molecule has 3 heteroatoms. The number of aliphatic hydroxyl groups is 1. The minimum Gasteiger partial charge on any atom is -0.396 e. The van der Waals surface area contributed by atoms with Crippen LogP contribution < -0.4 is 0 Å². The monoisotopic (exact) mass is 237 g/mol. The van der Waals surface area contributed by atoms with Crippen molar-refractivity contribution in [2.24, 2.45) is 5.41 Å². The first-order chi connectivity index (χ1) is 8.09. The maximum Gasteiger partial charge on any atom is 0.123 e. The summed E-state index contributed by atoms with van der Waals surface area (Å²) in [7, 11) is 3.98. The molecule has 0 aliphatic heterocycles. The summed E-state index contributed by atoms with van der Waals surface area (Å²) in [5.41, 5.74) is 0.876. The first-order valence-electron chi connectivity index (χ1n) is 6.12. The molecule has 0 amide bonds. The molecule has 0 aromatic heterocycles. The van der Waals surface area contributed by atoms with Gasteiger partial charge in [-0.2, -0.15) is 0 Å². The topological polar surface area (TPSA) is 23.5 Å². The highest BCUT2D eigenvalue weighted by Crippen LogP contribution is 2.51. The Morgan fingerprint density at radius 3 is 2.53 bits per heavy atom. The lowest BCUT2D eigenvalue weighted by Crippen LogP contribution is -2.45. The van der Waals surface area contributed by atoms with Gasteiger partial charge < -0.3 is 10.0 Å². The number of nitrogens with zero attached hydrogens (tertiary/aromatic N) is 1. The molecule has 1 atom stereocenters. The number of halogens is 1. The number of hydrogen-bond donors (Lipinski definition) is 1. The van der Waals surface area contributed by atoms with E-state index < -0.39 is 0 Å². The van der Waals surface area contributed by atoms with Crippen LogP contribution in [0.2, 0.25) is 0 Å². The molecule has 2 rings (SSSR count). The maximum absolute atomic E-state index is 13.3. The molecule has 0 spiro atoms. The summed E-state index contributed by atoms with van der Waals surface area (Å²) in [4.78, 5) is 2.09. The highest BCUT2D eigenvalue weighted by Gasteiger charge is 2.45. The van der Waals surface area contributed by atoms with Gasteiger partial charge in [-0.05, 0) is 44.6 Å². The zero-order valence-electron chi connectivity index (χ0n) is 10.5. The Labute approximate surface area is 102 Å². The molecule has 1 N–H and O–H groups in total. The first kappa shape index (κ1) is 12.5. The minimum atomic E-state index is -0.207. The van der Waals surface area contributed by atoms with E-state index >= 15 is 0 Å².